The second-order valence-electron chi connectivity index (χ2n) is 6.97. The van der Waals surface area contributed by atoms with Gasteiger partial charge in [-0.1, -0.05) is 30.3 Å². The van der Waals surface area contributed by atoms with Gasteiger partial charge in [-0.15, -0.1) is 0 Å². The van der Waals surface area contributed by atoms with Crippen LogP contribution in [0.15, 0.2) is 65.6 Å². The standard InChI is InChI=1S/C21H19N3O3S/c25-28(26,17-9-7-14-4-1-2-5-15(14)12-17)24-16-8-10-18-19(13-16)23-21(22-18)20-6-3-11-27-20/h1-2,4-5,7-10,12-13,20,24H,3,6,11H2,(H,22,23). The second-order valence-corrected chi connectivity index (χ2v) is 8.65. The molecule has 0 amide bonds. The first-order valence-electron chi connectivity index (χ1n) is 9.21. The summed E-state index contributed by atoms with van der Waals surface area (Å²) >= 11 is 0. The maximum absolute atomic E-state index is 12.8. The quantitative estimate of drug-likeness (QED) is 0.539. The molecule has 0 bridgehead atoms. The molecule has 2 N–H and O–H groups in total. The maximum Gasteiger partial charge on any atom is 0.261 e. The van der Waals surface area contributed by atoms with E-state index in [0.717, 1.165) is 47.1 Å². The van der Waals surface area contributed by atoms with Gasteiger partial charge in [0.2, 0.25) is 0 Å². The summed E-state index contributed by atoms with van der Waals surface area (Å²) in [6.45, 7) is 0.749. The van der Waals surface area contributed by atoms with Gasteiger partial charge in [-0.25, -0.2) is 13.4 Å². The zero-order valence-electron chi connectivity index (χ0n) is 15.1. The third-order valence-electron chi connectivity index (χ3n) is 5.02. The number of ether oxygens (including phenoxy) is 1. The summed E-state index contributed by atoms with van der Waals surface area (Å²) in [7, 11) is -3.69. The molecule has 1 unspecified atom stereocenters. The van der Waals surface area contributed by atoms with Gasteiger partial charge in [0.25, 0.3) is 10.0 Å². The average molecular weight is 393 g/mol. The van der Waals surface area contributed by atoms with E-state index in [2.05, 4.69) is 14.7 Å². The van der Waals surface area contributed by atoms with Crippen molar-refractivity contribution in [2.45, 2.75) is 23.8 Å². The Morgan fingerprint density at radius 3 is 2.71 bits per heavy atom. The minimum Gasteiger partial charge on any atom is -0.370 e. The van der Waals surface area contributed by atoms with Crippen LogP contribution >= 0.6 is 0 Å². The average Bonchev–Trinajstić information content (AvgIpc) is 3.36. The van der Waals surface area contributed by atoms with Gasteiger partial charge in [0.1, 0.15) is 11.9 Å². The van der Waals surface area contributed by atoms with E-state index in [1.165, 1.54) is 0 Å². The van der Waals surface area contributed by atoms with Crippen molar-refractivity contribution >= 4 is 37.5 Å². The number of nitrogens with one attached hydrogen (secondary N) is 2. The zero-order chi connectivity index (χ0) is 19.1. The lowest BCUT2D eigenvalue weighted by Gasteiger charge is -2.09. The van der Waals surface area contributed by atoms with E-state index in [1.54, 1.807) is 24.3 Å². The summed E-state index contributed by atoms with van der Waals surface area (Å²) in [5.41, 5.74) is 2.06. The smallest absolute Gasteiger partial charge is 0.261 e. The Balaban J connectivity index is 1.45. The van der Waals surface area contributed by atoms with Crippen molar-refractivity contribution < 1.29 is 13.2 Å². The fourth-order valence-electron chi connectivity index (χ4n) is 3.59. The Kier molecular flexibility index (Phi) is 4.07. The SMILES string of the molecule is O=S(=O)(Nc1ccc2nc(C3CCCO3)[nH]c2c1)c1ccc2ccccc2c1. The molecule has 7 heteroatoms. The normalized spacial score (nSPS) is 17.4. The van der Waals surface area contributed by atoms with Crippen molar-refractivity contribution in [3.05, 3.63) is 66.5 Å². The molecule has 1 atom stereocenters. The molecule has 0 aliphatic carbocycles. The van der Waals surface area contributed by atoms with E-state index in [9.17, 15) is 8.42 Å². The molecule has 0 radical (unpaired) electrons. The van der Waals surface area contributed by atoms with Crippen LogP contribution in [-0.2, 0) is 14.8 Å². The number of aromatic amines is 1. The van der Waals surface area contributed by atoms with E-state index in [4.69, 9.17) is 4.74 Å². The lowest BCUT2D eigenvalue weighted by atomic mass is 10.1. The van der Waals surface area contributed by atoms with Crippen LogP contribution < -0.4 is 4.72 Å². The fraction of sp³-hybridized carbons (Fsp3) is 0.190. The molecule has 28 heavy (non-hydrogen) atoms. The van der Waals surface area contributed by atoms with E-state index in [-0.39, 0.29) is 11.0 Å². The van der Waals surface area contributed by atoms with E-state index >= 15 is 0 Å². The van der Waals surface area contributed by atoms with Gasteiger partial charge in [-0.05, 0) is 53.9 Å². The summed E-state index contributed by atoms with van der Waals surface area (Å²) < 4.78 is 34.0. The zero-order valence-corrected chi connectivity index (χ0v) is 15.9. The third kappa shape index (κ3) is 3.12. The molecule has 3 aromatic carbocycles. The summed E-state index contributed by atoms with van der Waals surface area (Å²) in [6, 6.07) is 18.1. The van der Waals surface area contributed by atoms with E-state index in [1.807, 2.05) is 36.4 Å². The number of hydrogen-bond acceptors (Lipinski definition) is 4. The van der Waals surface area contributed by atoms with Crippen molar-refractivity contribution in [3.63, 3.8) is 0 Å². The number of hydrogen-bond donors (Lipinski definition) is 2. The summed E-state index contributed by atoms with van der Waals surface area (Å²) in [6.07, 6.45) is 1.96. The molecule has 142 valence electrons. The van der Waals surface area contributed by atoms with Crippen molar-refractivity contribution in [3.8, 4) is 0 Å². The molecule has 0 spiro atoms. The molecular weight excluding hydrogens is 374 g/mol. The first-order chi connectivity index (χ1) is 13.6. The molecule has 1 saturated heterocycles. The van der Waals surface area contributed by atoms with Gasteiger partial charge in [0.15, 0.2) is 0 Å². The van der Waals surface area contributed by atoms with Crippen molar-refractivity contribution in [1.29, 1.82) is 0 Å². The predicted octanol–water partition coefficient (Wildman–Crippen LogP) is 4.37. The number of aromatic nitrogens is 2. The molecule has 2 heterocycles. The molecule has 1 aliphatic rings. The van der Waals surface area contributed by atoms with Gasteiger partial charge >= 0.3 is 0 Å². The summed E-state index contributed by atoms with van der Waals surface area (Å²) in [4.78, 5) is 8.06. The minimum absolute atomic E-state index is 0.00913. The van der Waals surface area contributed by atoms with Crippen LogP contribution in [0.25, 0.3) is 21.8 Å². The molecule has 1 aromatic heterocycles. The number of sulfonamides is 1. The van der Waals surface area contributed by atoms with E-state index in [0.29, 0.717) is 5.69 Å². The van der Waals surface area contributed by atoms with Gasteiger partial charge in [0, 0.05) is 6.61 Å². The Morgan fingerprint density at radius 1 is 1.04 bits per heavy atom. The van der Waals surface area contributed by atoms with Crippen LogP contribution in [-0.4, -0.2) is 25.0 Å². The number of fused-ring (bicyclic) bond motifs is 2. The van der Waals surface area contributed by atoms with Crippen molar-refractivity contribution in [1.82, 2.24) is 9.97 Å². The number of imidazole rings is 1. The van der Waals surface area contributed by atoms with Crippen LogP contribution in [0.2, 0.25) is 0 Å². The molecule has 1 fully saturated rings. The monoisotopic (exact) mass is 393 g/mol. The first kappa shape index (κ1) is 17.2. The lowest BCUT2D eigenvalue weighted by Crippen LogP contribution is -2.12. The predicted molar refractivity (Wildman–Crippen MR) is 109 cm³/mol. The van der Waals surface area contributed by atoms with Crippen LogP contribution in [0.4, 0.5) is 5.69 Å². The molecule has 4 aromatic rings. The lowest BCUT2D eigenvalue weighted by molar-refractivity contribution is 0.106. The Labute approximate surface area is 162 Å². The fourth-order valence-corrected chi connectivity index (χ4v) is 4.67. The van der Waals surface area contributed by atoms with Gasteiger partial charge in [-0.3, -0.25) is 4.72 Å². The van der Waals surface area contributed by atoms with Gasteiger partial charge < -0.3 is 9.72 Å². The number of nitrogens with zero attached hydrogens (tertiary/aromatic N) is 1. The highest BCUT2D eigenvalue weighted by Crippen LogP contribution is 2.29. The minimum atomic E-state index is -3.69. The van der Waals surface area contributed by atoms with Crippen LogP contribution in [0.5, 0.6) is 0 Å². The maximum atomic E-state index is 12.8. The Morgan fingerprint density at radius 2 is 1.89 bits per heavy atom. The highest BCUT2D eigenvalue weighted by atomic mass is 32.2. The third-order valence-corrected chi connectivity index (χ3v) is 6.40. The van der Waals surface area contributed by atoms with Gasteiger partial charge in [-0.2, -0.15) is 0 Å². The van der Waals surface area contributed by atoms with Crippen LogP contribution in [0.3, 0.4) is 0 Å². The number of anilines is 1. The Hall–Kier alpha value is -2.90. The van der Waals surface area contributed by atoms with E-state index < -0.39 is 10.0 Å². The first-order valence-corrected chi connectivity index (χ1v) is 10.7. The second kappa shape index (κ2) is 6.61. The largest absolute Gasteiger partial charge is 0.370 e. The highest BCUT2D eigenvalue weighted by Gasteiger charge is 2.21. The number of benzene rings is 3. The van der Waals surface area contributed by atoms with Crippen molar-refractivity contribution in [2.24, 2.45) is 0 Å². The van der Waals surface area contributed by atoms with Crippen LogP contribution in [0, 0.1) is 0 Å². The highest BCUT2D eigenvalue weighted by molar-refractivity contribution is 7.92. The van der Waals surface area contributed by atoms with Crippen molar-refractivity contribution in [2.75, 3.05) is 11.3 Å². The summed E-state index contributed by atoms with van der Waals surface area (Å²) in [5, 5.41) is 1.89. The molecule has 6 nitrogen and oxygen atoms in total. The van der Waals surface area contributed by atoms with Gasteiger partial charge in [0.05, 0.1) is 21.6 Å². The number of rotatable bonds is 4. The molecule has 5 rings (SSSR count). The van der Waals surface area contributed by atoms with Crippen LogP contribution in [0.1, 0.15) is 24.8 Å². The topological polar surface area (TPSA) is 84.1 Å². The molecule has 0 saturated carbocycles. The molecular formula is C21H19N3O3S. The molecule has 1 aliphatic heterocycles. The summed E-state index contributed by atoms with van der Waals surface area (Å²) in [5.74, 6) is 0.794. The number of H-pyrrole nitrogens is 1. The Bertz CT molecular complexity index is 1270.